The first-order valence-electron chi connectivity index (χ1n) is 5.97. The lowest BCUT2D eigenvalue weighted by Gasteiger charge is -2.37. The van der Waals surface area contributed by atoms with Crippen molar-refractivity contribution in [2.24, 2.45) is 0 Å². The molecule has 0 bridgehead atoms. The van der Waals surface area contributed by atoms with E-state index in [-0.39, 0.29) is 0 Å². The molecule has 2 N–H and O–H groups in total. The van der Waals surface area contributed by atoms with Gasteiger partial charge in [0, 0.05) is 11.6 Å². The van der Waals surface area contributed by atoms with Gasteiger partial charge in [-0.1, -0.05) is 6.07 Å². The number of aromatic amines is 1. The molecule has 2 aromatic heterocycles. The van der Waals surface area contributed by atoms with Gasteiger partial charge >= 0.3 is 7.48 Å². The molecule has 18 heavy (non-hydrogen) atoms. The fourth-order valence-corrected chi connectivity index (χ4v) is 1.43. The largest absolute Gasteiger partial charge is 0.427 e. The minimum Gasteiger partial charge on any atom is -0.427 e. The van der Waals surface area contributed by atoms with E-state index in [2.05, 4.69) is 9.97 Å². The van der Waals surface area contributed by atoms with Crippen molar-refractivity contribution in [2.45, 2.75) is 38.9 Å². The molecule has 2 heterocycles. The molecule has 0 spiro atoms. The van der Waals surface area contributed by atoms with E-state index in [0.717, 1.165) is 16.5 Å². The van der Waals surface area contributed by atoms with Crippen LogP contribution in [0, 0.1) is 0 Å². The maximum atomic E-state index is 10.0. The quantitative estimate of drug-likeness (QED) is 0.800. The van der Waals surface area contributed by atoms with Crippen LogP contribution >= 0.6 is 0 Å². The van der Waals surface area contributed by atoms with Crippen molar-refractivity contribution in [1.82, 2.24) is 9.97 Å². The predicted octanol–water partition coefficient (Wildman–Crippen LogP) is 1.37. The van der Waals surface area contributed by atoms with Gasteiger partial charge in [-0.05, 0) is 45.4 Å². The van der Waals surface area contributed by atoms with Crippen molar-refractivity contribution in [3.63, 3.8) is 0 Å². The van der Waals surface area contributed by atoms with Crippen LogP contribution in [0.5, 0.6) is 0 Å². The van der Waals surface area contributed by atoms with Gasteiger partial charge in [-0.25, -0.2) is 4.98 Å². The average molecular weight is 245 g/mol. The van der Waals surface area contributed by atoms with Crippen molar-refractivity contribution < 1.29 is 9.76 Å². The van der Waals surface area contributed by atoms with Crippen LogP contribution in [0.1, 0.15) is 27.7 Å². The summed E-state index contributed by atoms with van der Waals surface area (Å²) in [6.45, 7) is 7.18. The minimum atomic E-state index is -0.923. The second-order valence-corrected chi connectivity index (χ2v) is 5.45. The summed E-state index contributed by atoms with van der Waals surface area (Å²) in [5, 5.41) is 11.0. The van der Waals surface area contributed by atoms with Gasteiger partial charge in [-0.3, -0.25) is 0 Å². The van der Waals surface area contributed by atoms with Crippen LogP contribution in [0.4, 0.5) is 0 Å². The van der Waals surface area contributed by atoms with E-state index in [4.69, 9.17) is 4.65 Å². The molecule has 0 saturated carbocycles. The summed E-state index contributed by atoms with van der Waals surface area (Å²) in [5.41, 5.74) is 0.163. The smallest absolute Gasteiger partial charge is 0.333 e. The highest BCUT2D eigenvalue weighted by atomic mass is 16.5. The maximum absolute atomic E-state index is 10.0. The van der Waals surface area contributed by atoms with Gasteiger partial charge in [-0.2, -0.15) is 0 Å². The number of H-pyrrole nitrogens is 1. The van der Waals surface area contributed by atoms with Crippen LogP contribution in [0.15, 0.2) is 24.5 Å². The molecule has 95 valence electrons. The van der Waals surface area contributed by atoms with E-state index >= 15 is 0 Å². The Kier molecular flexibility index (Phi) is 3.21. The standard InChI is InChI=1S/C13H18BN2O2/c1-12(2,17)13(3,4)18-14-10-8-16-11-9(10)6-5-7-15-11/h5-8,17H,1-4H3,(H,15,16). The second kappa shape index (κ2) is 4.41. The summed E-state index contributed by atoms with van der Waals surface area (Å²) in [6, 6.07) is 3.86. The molecule has 0 atom stereocenters. The van der Waals surface area contributed by atoms with E-state index in [0.29, 0.717) is 0 Å². The third kappa shape index (κ3) is 2.42. The van der Waals surface area contributed by atoms with E-state index in [1.807, 2.05) is 32.2 Å². The van der Waals surface area contributed by atoms with Crippen molar-refractivity contribution in [3.05, 3.63) is 24.5 Å². The molecule has 4 nitrogen and oxygen atoms in total. The SMILES string of the molecule is CC(C)(O)C(C)(C)O[B]c1c[nH]c2ncccc12. The highest BCUT2D eigenvalue weighted by Gasteiger charge is 2.35. The number of nitrogens with zero attached hydrogens (tertiary/aromatic N) is 1. The third-order valence-corrected chi connectivity index (χ3v) is 3.44. The van der Waals surface area contributed by atoms with Crippen molar-refractivity contribution in [1.29, 1.82) is 0 Å². The molecule has 0 fully saturated rings. The van der Waals surface area contributed by atoms with Crippen molar-refractivity contribution in [2.75, 3.05) is 0 Å². The van der Waals surface area contributed by atoms with Gasteiger partial charge < -0.3 is 14.7 Å². The summed E-state index contributed by atoms with van der Waals surface area (Å²) in [7, 11) is 1.67. The molecular weight excluding hydrogens is 227 g/mol. The topological polar surface area (TPSA) is 58.1 Å². The average Bonchev–Trinajstić information content (AvgIpc) is 2.68. The zero-order valence-electron chi connectivity index (χ0n) is 11.2. The first-order chi connectivity index (χ1) is 8.31. The van der Waals surface area contributed by atoms with Gasteiger partial charge in [0.15, 0.2) is 0 Å². The normalized spacial score (nSPS) is 12.9. The minimum absolute atomic E-state index is 0.668. The van der Waals surface area contributed by atoms with Gasteiger partial charge in [0.05, 0.1) is 11.2 Å². The van der Waals surface area contributed by atoms with Gasteiger partial charge in [0.25, 0.3) is 0 Å². The second-order valence-electron chi connectivity index (χ2n) is 5.45. The summed E-state index contributed by atoms with van der Waals surface area (Å²) in [5.74, 6) is 0. The highest BCUT2D eigenvalue weighted by Crippen LogP contribution is 2.24. The molecule has 2 aromatic rings. The lowest BCUT2D eigenvalue weighted by Crippen LogP contribution is -2.49. The number of hydrogen-bond donors (Lipinski definition) is 2. The summed E-state index contributed by atoms with van der Waals surface area (Å²) < 4.78 is 5.72. The van der Waals surface area contributed by atoms with Crippen LogP contribution in [-0.2, 0) is 4.65 Å². The molecule has 0 saturated heterocycles. The van der Waals surface area contributed by atoms with Gasteiger partial charge in [0.2, 0.25) is 0 Å². The molecular formula is C13H18BN2O2. The van der Waals surface area contributed by atoms with E-state index < -0.39 is 11.2 Å². The maximum Gasteiger partial charge on any atom is 0.333 e. The first kappa shape index (κ1) is 13.1. The van der Waals surface area contributed by atoms with Crippen molar-refractivity contribution in [3.8, 4) is 0 Å². The molecule has 0 aliphatic carbocycles. The summed E-state index contributed by atoms with van der Waals surface area (Å²) in [4.78, 5) is 7.29. The Hall–Kier alpha value is -1.33. The number of aromatic nitrogens is 2. The Balaban J connectivity index is 2.16. The highest BCUT2D eigenvalue weighted by molar-refractivity contribution is 6.51. The Labute approximate surface area is 108 Å². The summed E-state index contributed by atoms with van der Waals surface area (Å²) in [6.07, 6.45) is 3.59. The van der Waals surface area contributed by atoms with E-state index in [9.17, 15) is 5.11 Å². The summed E-state index contributed by atoms with van der Waals surface area (Å²) >= 11 is 0. The van der Waals surface area contributed by atoms with Crippen LogP contribution < -0.4 is 5.46 Å². The Morgan fingerprint density at radius 2 is 2.06 bits per heavy atom. The fourth-order valence-electron chi connectivity index (χ4n) is 1.43. The van der Waals surface area contributed by atoms with Crippen LogP contribution in [0.3, 0.4) is 0 Å². The number of hydrogen-bond acceptors (Lipinski definition) is 3. The molecule has 0 aliphatic rings. The zero-order chi connectivity index (χ0) is 13.4. The Morgan fingerprint density at radius 3 is 2.72 bits per heavy atom. The molecule has 0 unspecified atom stereocenters. The van der Waals surface area contributed by atoms with E-state index in [1.54, 1.807) is 27.5 Å². The number of nitrogens with one attached hydrogen (secondary N) is 1. The first-order valence-corrected chi connectivity index (χ1v) is 5.97. The lowest BCUT2D eigenvalue weighted by molar-refractivity contribution is -0.0893. The molecule has 5 heteroatoms. The number of aliphatic hydroxyl groups is 1. The van der Waals surface area contributed by atoms with E-state index in [1.165, 1.54) is 0 Å². The molecule has 2 rings (SSSR count). The number of fused-ring (bicyclic) bond motifs is 1. The Bertz CT molecular complexity index is 543. The third-order valence-electron chi connectivity index (χ3n) is 3.44. The number of rotatable bonds is 4. The predicted molar refractivity (Wildman–Crippen MR) is 72.9 cm³/mol. The monoisotopic (exact) mass is 245 g/mol. The van der Waals surface area contributed by atoms with Crippen molar-refractivity contribution >= 4 is 24.0 Å². The number of pyridine rings is 1. The molecule has 0 aliphatic heterocycles. The Morgan fingerprint density at radius 1 is 1.33 bits per heavy atom. The molecule has 0 amide bonds. The molecule has 0 aromatic carbocycles. The molecule has 1 radical (unpaired) electrons. The zero-order valence-corrected chi connectivity index (χ0v) is 11.2. The lowest BCUT2D eigenvalue weighted by atomic mass is 9.83. The van der Waals surface area contributed by atoms with Crippen LogP contribution in [0.2, 0.25) is 0 Å². The van der Waals surface area contributed by atoms with Gasteiger partial charge in [0.1, 0.15) is 5.65 Å². The van der Waals surface area contributed by atoms with Crippen LogP contribution in [0.25, 0.3) is 11.0 Å². The van der Waals surface area contributed by atoms with Crippen LogP contribution in [-0.4, -0.2) is 33.8 Å². The van der Waals surface area contributed by atoms with Gasteiger partial charge in [-0.15, -0.1) is 0 Å². The fraction of sp³-hybridized carbons (Fsp3) is 0.462.